The van der Waals surface area contributed by atoms with Crippen molar-refractivity contribution in [1.82, 2.24) is 9.97 Å². The van der Waals surface area contributed by atoms with Gasteiger partial charge in [0.25, 0.3) is 0 Å². The summed E-state index contributed by atoms with van der Waals surface area (Å²) in [6.45, 7) is 2.43. The van der Waals surface area contributed by atoms with Crippen molar-refractivity contribution in [1.29, 1.82) is 0 Å². The Kier molecular flexibility index (Phi) is 5.53. The highest BCUT2D eigenvalue weighted by Crippen LogP contribution is 2.14. The molecule has 4 N–H and O–H groups in total. The highest BCUT2D eigenvalue weighted by atomic mass is 16.5. The number of aromatic nitrogens is 2. The van der Waals surface area contributed by atoms with E-state index in [0.29, 0.717) is 18.2 Å². The SMILES string of the molecule is COCc1nc(NN)cc(NC(C)CCc2ccco2)n1. The number of anilines is 2. The number of hydrogen-bond donors (Lipinski definition) is 3. The van der Waals surface area contributed by atoms with Crippen LogP contribution in [0.25, 0.3) is 0 Å². The second-order valence-corrected chi connectivity index (χ2v) is 4.80. The maximum absolute atomic E-state index is 5.42. The summed E-state index contributed by atoms with van der Waals surface area (Å²) in [4.78, 5) is 8.60. The first-order chi connectivity index (χ1) is 10.2. The van der Waals surface area contributed by atoms with E-state index in [0.717, 1.165) is 24.4 Å². The summed E-state index contributed by atoms with van der Waals surface area (Å²) < 4.78 is 10.4. The highest BCUT2D eigenvalue weighted by molar-refractivity contribution is 5.47. The molecule has 0 spiro atoms. The molecule has 0 aliphatic carbocycles. The zero-order valence-electron chi connectivity index (χ0n) is 12.3. The fraction of sp³-hybridized carbons (Fsp3) is 0.429. The molecule has 21 heavy (non-hydrogen) atoms. The largest absolute Gasteiger partial charge is 0.469 e. The Balaban J connectivity index is 1.95. The predicted molar refractivity (Wildman–Crippen MR) is 80.7 cm³/mol. The molecule has 0 saturated carbocycles. The first-order valence-corrected chi connectivity index (χ1v) is 6.83. The molecule has 0 bridgehead atoms. The van der Waals surface area contributed by atoms with Crippen LogP contribution in [-0.2, 0) is 17.8 Å². The van der Waals surface area contributed by atoms with Crippen LogP contribution < -0.4 is 16.6 Å². The maximum atomic E-state index is 5.42. The molecular weight excluding hydrogens is 270 g/mol. The molecule has 114 valence electrons. The molecule has 1 unspecified atom stereocenters. The van der Waals surface area contributed by atoms with Crippen LogP contribution in [-0.4, -0.2) is 23.1 Å². The Hall–Kier alpha value is -2.12. The van der Waals surface area contributed by atoms with Crippen molar-refractivity contribution in [3.8, 4) is 0 Å². The van der Waals surface area contributed by atoms with E-state index in [4.69, 9.17) is 15.0 Å². The van der Waals surface area contributed by atoms with Crippen LogP contribution in [0.3, 0.4) is 0 Å². The van der Waals surface area contributed by atoms with E-state index < -0.39 is 0 Å². The highest BCUT2D eigenvalue weighted by Gasteiger charge is 2.08. The minimum absolute atomic E-state index is 0.242. The number of nitrogens with two attached hydrogens (primary N) is 1. The van der Waals surface area contributed by atoms with Gasteiger partial charge in [0, 0.05) is 25.6 Å². The lowest BCUT2D eigenvalue weighted by atomic mass is 10.1. The molecule has 0 aliphatic rings. The van der Waals surface area contributed by atoms with Gasteiger partial charge in [0.2, 0.25) is 0 Å². The van der Waals surface area contributed by atoms with Gasteiger partial charge in [0.15, 0.2) is 5.82 Å². The zero-order valence-corrected chi connectivity index (χ0v) is 12.3. The van der Waals surface area contributed by atoms with Crippen molar-refractivity contribution >= 4 is 11.6 Å². The molecule has 2 aromatic rings. The molecule has 2 rings (SSSR count). The number of aryl methyl sites for hydroxylation is 1. The topological polar surface area (TPSA) is 98.2 Å². The van der Waals surface area contributed by atoms with E-state index in [2.05, 4.69) is 27.6 Å². The zero-order chi connectivity index (χ0) is 15.1. The number of furan rings is 1. The lowest BCUT2D eigenvalue weighted by Crippen LogP contribution is -2.19. The van der Waals surface area contributed by atoms with Gasteiger partial charge >= 0.3 is 0 Å². The molecule has 1 atom stereocenters. The van der Waals surface area contributed by atoms with Crippen LogP contribution in [0.15, 0.2) is 28.9 Å². The van der Waals surface area contributed by atoms with E-state index in [-0.39, 0.29) is 6.04 Å². The molecule has 0 amide bonds. The van der Waals surface area contributed by atoms with E-state index in [9.17, 15) is 0 Å². The summed E-state index contributed by atoms with van der Waals surface area (Å²) in [7, 11) is 1.60. The van der Waals surface area contributed by atoms with Crippen LogP contribution in [0.2, 0.25) is 0 Å². The number of hydrogen-bond acceptors (Lipinski definition) is 7. The third-order valence-electron chi connectivity index (χ3n) is 2.99. The predicted octanol–water partition coefficient (Wildman–Crippen LogP) is 1.93. The standard InChI is InChI=1S/C14H21N5O2/c1-10(5-6-11-4-3-7-21-11)16-12-8-13(19-15)18-14(17-12)9-20-2/h3-4,7-8,10H,5-6,9,15H2,1-2H3,(H2,16,17,18,19). The van der Waals surface area contributed by atoms with Gasteiger partial charge in [0.05, 0.1) is 6.26 Å². The number of nitrogens with zero attached hydrogens (tertiary/aromatic N) is 2. The van der Waals surface area contributed by atoms with Gasteiger partial charge in [-0.2, -0.15) is 0 Å². The fourth-order valence-corrected chi connectivity index (χ4v) is 1.98. The van der Waals surface area contributed by atoms with Crippen molar-refractivity contribution < 1.29 is 9.15 Å². The van der Waals surface area contributed by atoms with Crippen molar-refractivity contribution in [3.63, 3.8) is 0 Å². The molecule has 2 aromatic heterocycles. The second-order valence-electron chi connectivity index (χ2n) is 4.80. The van der Waals surface area contributed by atoms with E-state index in [1.165, 1.54) is 0 Å². The molecule has 0 fully saturated rings. The van der Waals surface area contributed by atoms with Gasteiger partial charge in [-0.05, 0) is 25.5 Å². The quantitative estimate of drug-likeness (QED) is 0.505. The Bertz CT molecular complexity index is 544. The second kappa shape index (κ2) is 7.61. The Morgan fingerprint density at radius 2 is 2.19 bits per heavy atom. The average Bonchev–Trinajstić information content (AvgIpc) is 2.98. The fourth-order valence-electron chi connectivity index (χ4n) is 1.98. The van der Waals surface area contributed by atoms with Crippen LogP contribution in [0.4, 0.5) is 11.6 Å². The minimum Gasteiger partial charge on any atom is -0.469 e. The molecule has 2 heterocycles. The minimum atomic E-state index is 0.242. The van der Waals surface area contributed by atoms with Crippen molar-refractivity contribution in [2.24, 2.45) is 5.84 Å². The number of nitrogen functional groups attached to an aromatic ring is 1. The molecule has 0 aliphatic heterocycles. The van der Waals surface area contributed by atoms with Gasteiger partial charge in [0.1, 0.15) is 24.0 Å². The van der Waals surface area contributed by atoms with Gasteiger partial charge in [-0.25, -0.2) is 15.8 Å². The van der Waals surface area contributed by atoms with E-state index in [1.54, 1.807) is 19.4 Å². The smallest absolute Gasteiger partial charge is 0.158 e. The number of methoxy groups -OCH3 is 1. The van der Waals surface area contributed by atoms with E-state index >= 15 is 0 Å². The summed E-state index contributed by atoms with van der Waals surface area (Å²) in [5.41, 5.74) is 2.53. The van der Waals surface area contributed by atoms with Gasteiger partial charge in [-0.15, -0.1) is 0 Å². The third kappa shape index (κ3) is 4.73. The molecule has 0 saturated heterocycles. The van der Waals surface area contributed by atoms with Crippen LogP contribution in [0.1, 0.15) is 24.9 Å². The lowest BCUT2D eigenvalue weighted by Gasteiger charge is -2.15. The van der Waals surface area contributed by atoms with Crippen molar-refractivity contribution in [2.45, 2.75) is 32.4 Å². The molecule has 0 aromatic carbocycles. The number of rotatable bonds is 8. The van der Waals surface area contributed by atoms with Crippen LogP contribution in [0.5, 0.6) is 0 Å². The van der Waals surface area contributed by atoms with Crippen molar-refractivity contribution in [2.75, 3.05) is 17.9 Å². The third-order valence-corrected chi connectivity index (χ3v) is 2.99. The number of hydrazine groups is 1. The Morgan fingerprint density at radius 3 is 2.86 bits per heavy atom. The van der Waals surface area contributed by atoms with Gasteiger partial charge in [-0.1, -0.05) is 0 Å². The maximum Gasteiger partial charge on any atom is 0.158 e. The molecule has 0 radical (unpaired) electrons. The molecular formula is C14H21N5O2. The summed E-state index contributed by atoms with van der Waals surface area (Å²) in [6.07, 6.45) is 3.50. The lowest BCUT2D eigenvalue weighted by molar-refractivity contribution is 0.178. The summed E-state index contributed by atoms with van der Waals surface area (Å²) >= 11 is 0. The summed E-state index contributed by atoms with van der Waals surface area (Å²) in [5.74, 6) is 8.25. The number of nitrogens with one attached hydrogen (secondary N) is 2. The Labute approximate surface area is 123 Å². The van der Waals surface area contributed by atoms with Gasteiger partial charge < -0.3 is 19.9 Å². The number of ether oxygens (including phenoxy) is 1. The van der Waals surface area contributed by atoms with Crippen LogP contribution >= 0.6 is 0 Å². The first-order valence-electron chi connectivity index (χ1n) is 6.83. The summed E-state index contributed by atoms with van der Waals surface area (Å²) in [5, 5.41) is 3.33. The summed E-state index contributed by atoms with van der Waals surface area (Å²) in [6, 6.07) is 5.88. The monoisotopic (exact) mass is 291 g/mol. The van der Waals surface area contributed by atoms with Crippen molar-refractivity contribution in [3.05, 3.63) is 36.0 Å². The Morgan fingerprint density at radius 1 is 1.38 bits per heavy atom. The van der Waals surface area contributed by atoms with Gasteiger partial charge in [-0.3, -0.25) is 0 Å². The normalized spacial score (nSPS) is 12.1. The molecule has 7 nitrogen and oxygen atoms in total. The first kappa shape index (κ1) is 15.3. The molecule has 7 heteroatoms. The average molecular weight is 291 g/mol. The van der Waals surface area contributed by atoms with Crippen LogP contribution in [0, 0.1) is 0 Å². The van der Waals surface area contributed by atoms with E-state index in [1.807, 2.05) is 12.1 Å².